The second kappa shape index (κ2) is 16.4. The molecular formula is C47H59N5O8S. The lowest BCUT2D eigenvalue weighted by molar-refractivity contribution is -0.143. The van der Waals surface area contributed by atoms with Crippen LogP contribution in [-0.2, 0) is 24.4 Å². The number of nitrogens with zero attached hydrogens (tertiary/aromatic N) is 4. The summed E-state index contributed by atoms with van der Waals surface area (Å²) in [4.78, 5) is 68.5. The number of Topliss-reactive ketones (excluding diaryl/α,β-unsaturated/α-hetero) is 2. The number of pyridine rings is 1. The molecule has 3 aromatic rings. The Bertz CT molecular complexity index is 2360. The average Bonchev–Trinajstić information content (AvgIpc) is 4.11. The van der Waals surface area contributed by atoms with Gasteiger partial charge in [-0.25, -0.2) is 13.4 Å². The van der Waals surface area contributed by atoms with Gasteiger partial charge in [0, 0.05) is 74.5 Å². The number of hydrogen-bond acceptors (Lipinski definition) is 11. The number of aromatic nitrogens is 1. The van der Waals surface area contributed by atoms with Crippen LogP contribution in [-0.4, -0.2) is 99.4 Å². The Kier molecular flexibility index (Phi) is 11.5. The van der Waals surface area contributed by atoms with E-state index in [4.69, 9.17) is 9.47 Å². The smallest absolute Gasteiger partial charge is 0.240 e. The van der Waals surface area contributed by atoms with Crippen LogP contribution in [0.2, 0.25) is 0 Å². The summed E-state index contributed by atoms with van der Waals surface area (Å²) >= 11 is 0. The van der Waals surface area contributed by atoms with Gasteiger partial charge in [0.1, 0.15) is 12.7 Å². The number of rotatable bonds is 9. The zero-order chi connectivity index (χ0) is 43.4. The minimum Gasteiger partial charge on any atom is -0.489 e. The Morgan fingerprint density at radius 2 is 1.79 bits per heavy atom. The number of nitrogens with one attached hydrogen (secondary N) is 1. The summed E-state index contributed by atoms with van der Waals surface area (Å²) in [5.41, 5.74) is 1.15. The van der Waals surface area contributed by atoms with Crippen molar-refractivity contribution in [2.24, 2.45) is 29.1 Å². The first-order chi connectivity index (χ1) is 29.0. The first kappa shape index (κ1) is 42.7. The summed E-state index contributed by atoms with van der Waals surface area (Å²) in [7, 11) is 1.92. The number of likely N-dealkylation sites (N-methyl/N-ethyl adjacent to an activating group) is 1. The maximum absolute atomic E-state index is 15.2. The number of carbonyl (C=O) groups excluding carboxylic acids is 4. The van der Waals surface area contributed by atoms with Gasteiger partial charge < -0.3 is 24.2 Å². The van der Waals surface area contributed by atoms with Gasteiger partial charge in [0.15, 0.2) is 17.3 Å². The largest absolute Gasteiger partial charge is 0.489 e. The number of hydrogen-bond donors (Lipinski definition) is 1. The minimum atomic E-state index is -3.96. The number of ether oxygens (including phenoxy) is 2. The normalized spacial score (nSPS) is 29.2. The number of fused-ring (bicyclic) bond motifs is 5. The van der Waals surface area contributed by atoms with Crippen LogP contribution in [0.3, 0.4) is 0 Å². The number of amides is 2. The Balaban J connectivity index is 1.13. The molecule has 0 bridgehead atoms. The summed E-state index contributed by atoms with van der Waals surface area (Å²) < 4.78 is 40.8. The molecule has 3 fully saturated rings. The van der Waals surface area contributed by atoms with Crippen LogP contribution in [0.25, 0.3) is 10.8 Å². The van der Waals surface area contributed by atoms with Crippen LogP contribution in [0.4, 0.5) is 11.4 Å². The molecule has 1 aromatic heterocycles. The number of allylic oxidation sites excluding steroid dienone is 2. The highest BCUT2D eigenvalue weighted by Crippen LogP contribution is 2.58. The highest BCUT2D eigenvalue weighted by Gasteiger charge is 2.62. The van der Waals surface area contributed by atoms with E-state index in [1.807, 2.05) is 75.5 Å². The molecule has 2 saturated carbocycles. The summed E-state index contributed by atoms with van der Waals surface area (Å²) in [6.07, 6.45) is 8.38. The third-order valence-electron chi connectivity index (χ3n) is 14.1. The molecule has 1 N–H and O–H groups in total. The van der Waals surface area contributed by atoms with Gasteiger partial charge >= 0.3 is 0 Å². The number of carbonyl (C=O) groups is 4. The van der Waals surface area contributed by atoms with E-state index in [1.54, 1.807) is 30.2 Å². The van der Waals surface area contributed by atoms with Gasteiger partial charge in [0.05, 0.1) is 35.0 Å². The van der Waals surface area contributed by atoms with Crippen LogP contribution in [0.5, 0.6) is 11.6 Å². The second-order valence-electron chi connectivity index (χ2n) is 18.9. The van der Waals surface area contributed by atoms with Gasteiger partial charge in [-0.15, -0.1) is 0 Å². The van der Waals surface area contributed by atoms with Crippen molar-refractivity contribution >= 4 is 55.6 Å². The Hall–Kier alpha value is -4.98. The molecule has 0 unspecified atom stereocenters. The molecule has 0 radical (unpaired) electrons. The Morgan fingerprint density at radius 1 is 1.03 bits per heavy atom. The lowest BCUT2D eigenvalue weighted by Gasteiger charge is -2.32. The third-order valence-corrected chi connectivity index (χ3v) is 16.3. The number of ketones is 2. The minimum absolute atomic E-state index is 0.0354. The fraction of sp³-hybridized carbons (Fsp3) is 0.553. The highest BCUT2D eigenvalue weighted by atomic mass is 32.2. The quantitative estimate of drug-likeness (QED) is 0.189. The average molecular weight is 854 g/mol. The molecule has 5 aliphatic rings. The van der Waals surface area contributed by atoms with Gasteiger partial charge in [-0.2, -0.15) is 0 Å². The monoisotopic (exact) mass is 853 g/mol. The predicted octanol–water partition coefficient (Wildman–Crippen LogP) is 6.34. The molecular weight excluding hydrogens is 795 g/mol. The maximum atomic E-state index is 15.2. The maximum Gasteiger partial charge on any atom is 0.240 e. The zero-order valence-corrected chi connectivity index (χ0v) is 37.0. The highest BCUT2D eigenvalue weighted by molar-refractivity contribution is 7.91. The molecule has 2 amide bonds. The summed E-state index contributed by atoms with van der Waals surface area (Å²) in [5.74, 6) is -1.41. The van der Waals surface area contributed by atoms with E-state index >= 15 is 4.79 Å². The zero-order valence-electron chi connectivity index (χ0n) is 36.2. The van der Waals surface area contributed by atoms with Crippen LogP contribution in [0, 0.1) is 29.1 Å². The standard InChI is InChI=1S/C47H59N5O8S/c1-29-9-7-8-10-32-26-47(32,45(56)49-61(57,58)46(3)18-19-46)27-41(54)39-24-34(60-43-36-15-16-38-42(35(36)17-20-48-43)59-22-21-51(38)6)28-52(39)44(55)37(30(2)23-29)25-40(53)31-11-13-33(14-12-31)50(4)5/h8,10-17,20,29-30,32,34,37,39H,7,9,18-19,21-28H2,1-6H3,(H,49,56)/b10-8-/t29-,30-,32-,34-,37+,39+,47-/m1/s1. The molecule has 2 aliphatic carbocycles. The molecule has 8 rings (SSSR count). The molecule has 61 heavy (non-hydrogen) atoms. The SMILES string of the molecule is C[C@@H]1CC/C=C\[C@@H]2C[C@@]2(C(=O)NS(=O)(=O)C2(C)CC2)CC(=O)[C@@H]2C[C@@H](Oc3nccc4c5c(ccc34)N(C)CCO5)CN2C(=O)[C@@H](CC(=O)c2ccc(N(C)C)cc2)[C@H](C)C1. The predicted molar refractivity (Wildman–Crippen MR) is 234 cm³/mol. The molecule has 7 atom stereocenters. The van der Waals surface area contributed by atoms with Gasteiger partial charge in [-0.05, 0) is 106 Å². The fourth-order valence-corrected chi connectivity index (χ4v) is 11.0. The lowest BCUT2D eigenvalue weighted by Crippen LogP contribution is -2.48. The van der Waals surface area contributed by atoms with E-state index in [0.29, 0.717) is 43.7 Å². The van der Waals surface area contributed by atoms with Crippen LogP contribution in [0.15, 0.2) is 60.8 Å². The van der Waals surface area contributed by atoms with Crippen molar-refractivity contribution in [3.63, 3.8) is 0 Å². The van der Waals surface area contributed by atoms with Crippen molar-refractivity contribution in [2.45, 2.75) is 95.5 Å². The molecule has 14 heteroatoms. The van der Waals surface area contributed by atoms with Gasteiger partial charge in [0.25, 0.3) is 0 Å². The third kappa shape index (κ3) is 8.36. The van der Waals surface area contributed by atoms with E-state index in [1.165, 1.54) is 0 Å². The number of benzene rings is 2. The number of sulfonamides is 1. The van der Waals surface area contributed by atoms with E-state index in [9.17, 15) is 22.8 Å². The fourth-order valence-electron chi connectivity index (χ4n) is 9.65. The summed E-state index contributed by atoms with van der Waals surface area (Å²) in [6, 6.07) is 12.2. The molecule has 3 aliphatic heterocycles. The van der Waals surface area contributed by atoms with Gasteiger partial charge in [0.2, 0.25) is 27.7 Å². The first-order valence-corrected chi connectivity index (χ1v) is 23.3. The van der Waals surface area contributed by atoms with Crippen molar-refractivity contribution in [3.05, 3.63) is 66.4 Å². The van der Waals surface area contributed by atoms with E-state index in [2.05, 4.69) is 21.5 Å². The topological polar surface area (TPSA) is 156 Å². The van der Waals surface area contributed by atoms with E-state index in [0.717, 1.165) is 47.3 Å². The van der Waals surface area contributed by atoms with Gasteiger partial charge in [-0.3, -0.25) is 23.9 Å². The molecule has 0 spiro atoms. The molecule has 326 valence electrons. The van der Waals surface area contributed by atoms with Crippen molar-refractivity contribution in [1.29, 1.82) is 0 Å². The molecule has 13 nitrogen and oxygen atoms in total. The van der Waals surface area contributed by atoms with Crippen LogP contribution >= 0.6 is 0 Å². The van der Waals surface area contributed by atoms with Crippen LogP contribution < -0.4 is 24.0 Å². The van der Waals surface area contributed by atoms with Crippen LogP contribution in [0.1, 0.15) is 88.9 Å². The molecule has 1 saturated heterocycles. The van der Waals surface area contributed by atoms with Gasteiger partial charge in [-0.1, -0.05) is 26.0 Å². The van der Waals surface area contributed by atoms with Crippen molar-refractivity contribution in [2.75, 3.05) is 50.6 Å². The molecule has 2 aromatic carbocycles. The first-order valence-electron chi connectivity index (χ1n) is 21.8. The molecule has 4 heterocycles. The second-order valence-corrected chi connectivity index (χ2v) is 21.1. The Labute approximate surface area is 359 Å². The summed E-state index contributed by atoms with van der Waals surface area (Å²) in [6.45, 7) is 7.16. The van der Waals surface area contributed by atoms with Crippen molar-refractivity contribution < 1.29 is 37.1 Å². The van der Waals surface area contributed by atoms with E-state index < -0.39 is 44.2 Å². The summed E-state index contributed by atoms with van der Waals surface area (Å²) in [5, 5.41) is 1.57. The van der Waals surface area contributed by atoms with Crippen molar-refractivity contribution in [3.8, 4) is 11.6 Å². The Morgan fingerprint density at radius 3 is 2.51 bits per heavy atom. The number of anilines is 2. The lowest BCUT2D eigenvalue weighted by atomic mass is 9.80. The van der Waals surface area contributed by atoms with Crippen molar-refractivity contribution in [1.82, 2.24) is 14.6 Å². The van der Waals surface area contributed by atoms with E-state index in [-0.39, 0.29) is 61.0 Å².